The third-order valence-electron chi connectivity index (χ3n) is 4.44. The molecule has 0 unspecified atom stereocenters. The molecule has 1 atom stereocenters. The van der Waals surface area contributed by atoms with Crippen LogP contribution in [0.4, 0.5) is 10.5 Å². The van der Waals surface area contributed by atoms with Gasteiger partial charge in [0.1, 0.15) is 0 Å². The van der Waals surface area contributed by atoms with Crippen molar-refractivity contribution in [2.45, 2.75) is 25.4 Å². The predicted molar refractivity (Wildman–Crippen MR) is 97.2 cm³/mol. The van der Waals surface area contributed by atoms with Crippen molar-refractivity contribution >= 4 is 11.7 Å². The number of hydrogen-bond donors (Lipinski definition) is 2. The first-order valence-electron chi connectivity index (χ1n) is 8.65. The van der Waals surface area contributed by atoms with Crippen molar-refractivity contribution in [1.82, 2.24) is 30.0 Å². The summed E-state index contributed by atoms with van der Waals surface area (Å²) in [6, 6.07) is 7.11. The van der Waals surface area contributed by atoms with Crippen LogP contribution in [-0.4, -0.2) is 80.5 Å². The van der Waals surface area contributed by atoms with E-state index >= 15 is 0 Å². The Hall–Kier alpha value is -2.52. The average molecular weight is 359 g/mol. The fourth-order valence-corrected chi connectivity index (χ4v) is 3.36. The number of β-amino-alcohol motifs (C(OH)–C–C–N with tert-alkyl or cyclic N) is 1. The Kier molecular flexibility index (Phi) is 5.19. The van der Waals surface area contributed by atoms with E-state index < -0.39 is 5.60 Å². The van der Waals surface area contributed by atoms with Crippen LogP contribution in [0.15, 0.2) is 24.3 Å². The van der Waals surface area contributed by atoms with E-state index in [9.17, 15) is 9.90 Å². The molecule has 0 aliphatic carbocycles. The van der Waals surface area contributed by atoms with Crippen molar-refractivity contribution in [2.75, 3.05) is 39.0 Å². The average Bonchev–Trinajstić information content (AvgIpc) is 3.00. The van der Waals surface area contributed by atoms with E-state index in [1.807, 2.05) is 50.2 Å². The van der Waals surface area contributed by atoms with Crippen molar-refractivity contribution in [2.24, 2.45) is 0 Å². The van der Waals surface area contributed by atoms with Crippen molar-refractivity contribution < 1.29 is 9.90 Å². The molecule has 9 heteroatoms. The number of likely N-dealkylation sites (tertiary alicyclic amines) is 1. The molecule has 2 aromatic rings. The molecule has 9 nitrogen and oxygen atoms in total. The minimum atomic E-state index is -0.861. The standard InChI is InChI=1S/C17H25N7O2/c1-13-19-20-21-24(13)15-7-5-14(6-8-15)18-16(25)23-10-4-9-17(26,12-23)11-22(2)3/h5-8,26H,4,9-12H2,1-3H3,(H,18,25)/t17-/m0/s1. The maximum Gasteiger partial charge on any atom is 0.321 e. The summed E-state index contributed by atoms with van der Waals surface area (Å²) >= 11 is 0. The minimum absolute atomic E-state index is 0.201. The number of likely N-dealkylation sites (N-methyl/N-ethyl adjacent to an activating group) is 1. The molecule has 1 aliphatic heterocycles. The highest BCUT2D eigenvalue weighted by Crippen LogP contribution is 2.23. The Morgan fingerprint density at radius 3 is 2.69 bits per heavy atom. The monoisotopic (exact) mass is 359 g/mol. The number of aliphatic hydroxyl groups is 1. The molecule has 1 fully saturated rings. The van der Waals surface area contributed by atoms with Gasteiger partial charge in [-0.25, -0.2) is 4.79 Å². The summed E-state index contributed by atoms with van der Waals surface area (Å²) in [5, 5.41) is 25.0. The van der Waals surface area contributed by atoms with Gasteiger partial charge in [0, 0.05) is 18.8 Å². The Labute approximate surface area is 152 Å². The molecular formula is C17H25N7O2. The fraction of sp³-hybridized carbons (Fsp3) is 0.529. The highest BCUT2D eigenvalue weighted by Gasteiger charge is 2.35. The van der Waals surface area contributed by atoms with Crippen LogP contribution in [0, 0.1) is 6.92 Å². The molecular weight excluding hydrogens is 334 g/mol. The summed E-state index contributed by atoms with van der Waals surface area (Å²) in [4.78, 5) is 16.2. The number of aryl methyl sites for hydroxylation is 1. The number of piperidine rings is 1. The van der Waals surface area contributed by atoms with E-state index in [4.69, 9.17) is 0 Å². The minimum Gasteiger partial charge on any atom is -0.387 e. The smallest absolute Gasteiger partial charge is 0.321 e. The maximum atomic E-state index is 12.6. The second kappa shape index (κ2) is 7.38. The molecule has 0 radical (unpaired) electrons. The summed E-state index contributed by atoms with van der Waals surface area (Å²) in [7, 11) is 3.84. The van der Waals surface area contributed by atoms with E-state index in [-0.39, 0.29) is 6.03 Å². The number of amides is 2. The lowest BCUT2D eigenvalue weighted by Gasteiger charge is -2.40. The largest absolute Gasteiger partial charge is 0.387 e. The molecule has 1 saturated heterocycles. The van der Waals surface area contributed by atoms with Gasteiger partial charge in [0.15, 0.2) is 5.82 Å². The van der Waals surface area contributed by atoms with Gasteiger partial charge in [-0.3, -0.25) is 0 Å². The van der Waals surface area contributed by atoms with Gasteiger partial charge < -0.3 is 20.2 Å². The Morgan fingerprint density at radius 2 is 2.08 bits per heavy atom. The van der Waals surface area contributed by atoms with Crippen LogP contribution in [-0.2, 0) is 0 Å². The van der Waals surface area contributed by atoms with Gasteiger partial charge in [-0.2, -0.15) is 4.68 Å². The molecule has 0 saturated carbocycles. The molecule has 2 N–H and O–H groups in total. The van der Waals surface area contributed by atoms with Gasteiger partial charge in [0.25, 0.3) is 0 Å². The van der Waals surface area contributed by atoms with Crippen molar-refractivity contribution in [3.63, 3.8) is 0 Å². The van der Waals surface area contributed by atoms with Gasteiger partial charge in [0.2, 0.25) is 0 Å². The summed E-state index contributed by atoms with van der Waals surface area (Å²) in [5.41, 5.74) is 0.649. The van der Waals surface area contributed by atoms with Crippen LogP contribution in [0.2, 0.25) is 0 Å². The molecule has 3 rings (SSSR count). The van der Waals surface area contributed by atoms with E-state index in [1.165, 1.54) is 0 Å². The maximum absolute atomic E-state index is 12.6. The van der Waals surface area contributed by atoms with Crippen molar-refractivity contribution in [3.8, 4) is 5.69 Å². The number of benzene rings is 1. The van der Waals surface area contributed by atoms with Crippen LogP contribution in [0.3, 0.4) is 0 Å². The number of carbonyl (C=O) groups excluding carboxylic acids is 1. The van der Waals surface area contributed by atoms with Gasteiger partial charge in [0.05, 0.1) is 17.8 Å². The number of nitrogens with zero attached hydrogens (tertiary/aromatic N) is 6. The third-order valence-corrected chi connectivity index (χ3v) is 4.44. The lowest BCUT2D eigenvalue weighted by Crippen LogP contribution is -2.55. The van der Waals surface area contributed by atoms with Gasteiger partial charge in [-0.1, -0.05) is 0 Å². The quantitative estimate of drug-likeness (QED) is 0.841. The summed E-state index contributed by atoms with van der Waals surface area (Å²) in [6.45, 7) is 3.33. The molecule has 26 heavy (non-hydrogen) atoms. The van der Waals surface area contributed by atoms with Gasteiger partial charge in [-0.15, -0.1) is 5.10 Å². The second-order valence-corrected chi connectivity index (χ2v) is 7.10. The molecule has 1 aromatic carbocycles. The van der Waals surface area contributed by atoms with E-state index in [2.05, 4.69) is 20.8 Å². The molecule has 2 amide bonds. The zero-order chi connectivity index (χ0) is 18.7. The van der Waals surface area contributed by atoms with Crippen LogP contribution in [0.25, 0.3) is 5.69 Å². The number of aromatic nitrogens is 4. The van der Waals surface area contributed by atoms with Crippen LogP contribution >= 0.6 is 0 Å². The SMILES string of the molecule is Cc1nnnn1-c1ccc(NC(=O)N2CCC[C@](O)(CN(C)C)C2)cc1. The number of anilines is 1. The second-order valence-electron chi connectivity index (χ2n) is 7.10. The van der Waals surface area contributed by atoms with E-state index in [1.54, 1.807) is 9.58 Å². The number of urea groups is 1. The lowest BCUT2D eigenvalue weighted by atomic mass is 9.92. The Morgan fingerprint density at radius 1 is 1.35 bits per heavy atom. The number of rotatable bonds is 4. The van der Waals surface area contributed by atoms with Crippen LogP contribution < -0.4 is 5.32 Å². The summed E-state index contributed by atoms with van der Waals surface area (Å²) in [6.07, 6.45) is 1.49. The zero-order valence-corrected chi connectivity index (χ0v) is 15.4. The molecule has 0 spiro atoms. The third kappa shape index (κ3) is 4.17. The van der Waals surface area contributed by atoms with Gasteiger partial charge in [-0.05, 0) is 68.6 Å². The van der Waals surface area contributed by atoms with Gasteiger partial charge >= 0.3 is 6.03 Å². The van der Waals surface area contributed by atoms with Crippen LogP contribution in [0.1, 0.15) is 18.7 Å². The molecule has 0 bridgehead atoms. The molecule has 1 aromatic heterocycles. The number of carbonyl (C=O) groups is 1. The topological polar surface area (TPSA) is 99.4 Å². The first-order chi connectivity index (χ1) is 12.4. The summed E-state index contributed by atoms with van der Waals surface area (Å²) < 4.78 is 1.62. The lowest BCUT2D eigenvalue weighted by molar-refractivity contribution is -0.0333. The fourth-order valence-electron chi connectivity index (χ4n) is 3.36. The number of tetrazole rings is 1. The Balaban J connectivity index is 1.63. The van der Waals surface area contributed by atoms with Crippen molar-refractivity contribution in [3.05, 3.63) is 30.1 Å². The number of nitrogens with one attached hydrogen (secondary N) is 1. The highest BCUT2D eigenvalue weighted by molar-refractivity contribution is 5.89. The molecule has 140 valence electrons. The van der Waals surface area contributed by atoms with Crippen molar-refractivity contribution in [1.29, 1.82) is 0 Å². The first kappa shape index (κ1) is 18.3. The van der Waals surface area contributed by atoms with E-state index in [0.717, 1.165) is 12.1 Å². The van der Waals surface area contributed by atoms with Crippen LogP contribution in [0.5, 0.6) is 0 Å². The summed E-state index contributed by atoms with van der Waals surface area (Å²) in [5.74, 6) is 0.690. The molecule has 2 heterocycles. The first-order valence-corrected chi connectivity index (χ1v) is 8.65. The zero-order valence-electron chi connectivity index (χ0n) is 15.4. The number of hydrogen-bond acceptors (Lipinski definition) is 6. The normalized spacial score (nSPS) is 20.4. The molecule has 1 aliphatic rings. The Bertz CT molecular complexity index is 759. The highest BCUT2D eigenvalue weighted by atomic mass is 16.3. The predicted octanol–water partition coefficient (Wildman–Crippen LogP) is 0.891. The van der Waals surface area contributed by atoms with E-state index in [0.29, 0.717) is 37.6 Å².